The fourth-order valence-corrected chi connectivity index (χ4v) is 2.40. The molecule has 0 saturated carbocycles. The van der Waals surface area contributed by atoms with Gasteiger partial charge in [-0.25, -0.2) is 9.78 Å². The average molecular weight is 286 g/mol. The molecule has 1 atom stereocenters. The SMILES string of the molecule is CCN(c1nccc(C(=O)O)c1Cl)C(C)CN(C)C. The number of aromatic carboxylic acids is 1. The van der Waals surface area contributed by atoms with Crippen molar-refractivity contribution in [1.29, 1.82) is 0 Å². The molecule has 1 N–H and O–H groups in total. The molecule has 0 spiro atoms. The molecule has 0 aromatic carbocycles. The minimum absolute atomic E-state index is 0.0853. The highest BCUT2D eigenvalue weighted by atomic mass is 35.5. The second-order valence-electron chi connectivity index (χ2n) is 4.70. The molecule has 0 aliphatic carbocycles. The zero-order valence-electron chi connectivity index (χ0n) is 11.7. The van der Waals surface area contributed by atoms with Crippen LogP contribution in [0.25, 0.3) is 0 Å². The summed E-state index contributed by atoms with van der Waals surface area (Å²) in [5, 5.41) is 9.29. The maximum Gasteiger partial charge on any atom is 0.337 e. The molecule has 1 rings (SSSR count). The van der Waals surface area contributed by atoms with E-state index in [2.05, 4.69) is 16.8 Å². The van der Waals surface area contributed by atoms with Crippen LogP contribution in [0.5, 0.6) is 0 Å². The number of pyridine rings is 1. The van der Waals surface area contributed by atoms with Crippen LogP contribution in [0.1, 0.15) is 24.2 Å². The minimum atomic E-state index is -1.04. The van der Waals surface area contributed by atoms with Gasteiger partial charge in [0.25, 0.3) is 0 Å². The van der Waals surface area contributed by atoms with Gasteiger partial charge >= 0.3 is 5.97 Å². The van der Waals surface area contributed by atoms with E-state index < -0.39 is 5.97 Å². The Morgan fingerprint density at radius 2 is 2.16 bits per heavy atom. The molecule has 5 nitrogen and oxygen atoms in total. The first-order valence-electron chi connectivity index (χ1n) is 6.17. The number of hydrogen-bond acceptors (Lipinski definition) is 4. The van der Waals surface area contributed by atoms with E-state index in [-0.39, 0.29) is 16.6 Å². The third kappa shape index (κ3) is 3.81. The number of halogens is 1. The normalized spacial score (nSPS) is 12.5. The number of likely N-dealkylation sites (N-methyl/N-ethyl adjacent to an activating group) is 2. The summed E-state index contributed by atoms with van der Waals surface area (Å²) >= 11 is 6.16. The number of carboxylic acid groups (broad SMARTS) is 1. The zero-order chi connectivity index (χ0) is 14.6. The van der Waals surface area contributed by atoms with Crippen LogP contribution >= 0.6 is 11.6 Å². The Balaban J connectivity index is 3.11. The second-order valence-corrected chi connectivity index (χ2v) is 5.08. The van der Waals surface area contributed by atoms with Crippen molar-refractivity contribution < 1.29 is 9.90 Å². The fourth-order valence-electron chi connectivity index (χ4n) is 2.10. The lowest BCUT2D eigenvalue weighted by molar-refractivity contribution is 0.0697. The highest BCUT2D eigenvalue weighted by molar-refractivity contribution is 6.35. The van der Waals surface area contributed by atoms with Crippen LogP contribution in [0.4, 0.5) is 5.82 Å². The summed E-state index contributed by atoms with van der Waals surface area (Å²) in [5.74, 6) is -0.511. The molecule has 0 aliphatic rings. The maximum absolute atomic E-state index is 11.1. The summed E-state index contributed by atoms with van der Waals surface area (Å²) in [5.41, 5.74) is 0.0853. The Bertz CT molecular complexity index is 452. The van der Waals surface area contributed by atoms with Gasteiger partial charge in [-0.15, -0.1) is 0 Å². The van der Waals surface area contributed by atoms with Gasteiger partial charge in [-0.3, -0.25) is 0 Å². The van der Waals surface area contributed by atoms with E-state index in [1.54, 1.807) is 0 Å². The van der Waals surface area contributed by atoms with Gasteiger partial charge in [0.1, 0.15) is 5.82 Å². The van der Waals surface area contributed by atoms with E-state index in [0.29, 0.717) is 12.4 Å². The van der Waals surface area contributed by atoms with Crippen molar-refractivity contribution in [3.8, 4) is 0 Å². The number of rotatable bonds is 6. The minimum Gasteiger partial charge on any atom is -0.478 e. The van der Waals surface area contributed by atoms with Crippen LogP contribution in [0.2, 0.25) is 5.02 Å². The largest absolute Gasteiger partial charge is 0.478 e. The lowest BCUT2D eigenvalue weighted by atomic mass is 10.2. The standard InChI is InChI=1S/C13H20ClN3O2/c1-5-17(9(2)8-16(3)4)12-11(14)10(13(18)19)6-7-15-12/h6-7,9H,5,8H2,1-4H3,(H,18,19). The summed E-state index contributed by atoms with van der Waals surface area (Å²) < 4.78 is 0. The van der Waals surface area contributed by atoms with Gasteiger partial charge in [0.15, 0.2) is 0 Å². The van der Waals surface area contributed by atoms with Crippen molar-refractivity contribution in [3.63, 3.8) is 0 Å². The quantitative estimate of drug-likeness (QED) is 0.868. The Kier molecular flexibility index (Phi) is 5.57. The summed E-state index contributed by atoms with van der Waals surface area (Å²) in [6, 6.07) is 1.60. The number of aromatic nitrogens is 1. The fraction of sp³-hybridized carbons (Fsp3) is 0.538. The second kappa shape index (κ2) is 6.73. The molecule has 0 saturated heterocycles. The summed E-state index contributed by atoms with van der Waals surface area (Å²) in [7, 11) is 3.99. The van der Waals surface area contributed by atoms with Crippen molar-refractivity contribution in [1.82, 2.24) is 9.88 Å². The number of hydrogen-bond donors (Lipinski definition) is 1. The van der Waals surface area contributed by atoms with Crippen molar-refractivity contribution in [2.75, 3.05) is 32.1 Å². The Labute approximate surface area is 118 Å². The Hall–Kier alpha value is -1.33. The van der Waals surface area contributed by atoms with Crippen molar-refractivity contribution in [2.24, 2.45) is 0 Å². The van der Waals surface area contributed by atoms with Crippen LogP contribution in [0, 0.1) is 0 Å². The monoisotopic (exact) mass is 285 g/mol. The van der Waals surface area contributed by atoms with E-state index in [4.69, 9.17) is 16.7 Å². The first kappa shape index (κ1) is 15.7. The number of carboxylic acids is 1. The maximum atomic E-state index is 11.1. The number of anilines is 1. The Morgan fingerprint density at radius 3 is 2.63 bits per heavy atom. The van der Waals surface area contributed by atoms with Gasteiger partial charge in [-0.1, -0.05) is 11.6 Å². The molecule has 106 valence electrons. The lowest BCUT2D eigenvalue weighted by Crippen LogP contribution is -2.40. The predicted molar refractivity (Wildman–Crippen MR) is 77.2 cm³/mol. The molecule has 0 radical (unpaired) electrons. The molecule has 1 heterocycles. The van der Waals surface area contributed by atoms with Crippen LogP contribution in [-0.4, -0.2) is 54.2 Å². The molecular formula is C13H20ClN3O2. The zero-order valence-corrected chi connectivity index (χ0v) is 12.5. The van der Waals surface area contributed by atoms with Crippen LogP contribution in [0.15, 0.2) is 12.3 Å². The molecule has 0 bridgehead atoms. The van der Waals surface area contributed by atoms with Crippen molar-refractivity contribution in [2.45, 2.75) is 19.9 Å². The molecular weight excluding hydrogens is 266 g/mol. The van der Waals surface area contributed by atoms with Crippen LogP contribution in [-0.2, 0) is 0 Å². The van der Waals surface area contributed by atoms with Gasteiger partial charge in [-0.05, 0) is 34.0 Å². The van der Waals surface area contributed by atoms with Gasteiger partial charge < -0.3 is 14.9 Å². The molecule has 1 aromatic rings. The third-order valence-corrected chi connectivity index (χ3v) is 3.25. The highest BCUT2D eigenvalue weighted by Crippen LogP contribution is 2.28. The van der Waals surface area contributed by atoms with Gasteiger partial charge in [-0.2, -0.15) is 0 Å². The summed E-state index contributed by atoms with van der Waals surface area (Å²) in [4.78, 5) is 19.4. The molecule has 6 heteroatoms. The van der Waals surface area contributed by atoms with E-state index in [9.17, 15) is 4.79 Å². The lowest BCUT2D eigenvalue weighted by Gasteiger charge is -2.31. The molecule has 0 amide bonds. The highest BCUT2D eigenvalue weighted by Gasteiger charge is 2.21. The molecule has 0 fully saturated rings. The molecule has 1 aromatic heterocycles. The number of carbonyl (C=O) groups is 1. The van der Waals surface area contributed by atoms with Gasteiger partial charge in [0, 0.05) is 25.3 Å². The summed E-state index contributed by atoms with van der Waals surface area (Å²) in [6.45, 7) is 5.61. The first-order chi connectivity index (χ1) is 8.88. The average Bonchev–Trinajstić information content (AvgIpc) is 2.30. The Morgan fingerprint density at radius 1 is 1.53 bits per heavy atom. The third-order valence-electron chi connectivity index (χ3n) is 2.88. The van der Waals surface area contributed by atoms with E-state index in [1.807, 2.05) is 25.9 Å². The van der Waals surface area contributed by atoms with Gasteiger partial charge in [0.2, 0.25) is 0 Å². The molecule has 0 aliphatic heterocycles. The predicted octanol–water partition coefficient (Wildman–Crippen LogP) is 2.21. The number of nitrogens with zero attached hydrogens (tertiary/aromatic N) is 3. The van der Waals surface area contributed by atoms with Crippen molar-refractivity contribution in [3.05, 3.63) is 22.8 Å². The van der Waals surface area contributed by atoms with Crippen molar-refractivity contribution >= 4 is 23.4 Å². The van der Waals surface area contributed by atoms with Crippen LogP contribution < -0.4 is 4.90 Å². The smallest absolute Gasteiger partial charge is 0.337 e. The van der Waals surface area contributed by atoms with Gasteiger partial charge in [0.05, 0.1) is 10.6 Å². The van der Waals surface area contributed by atoms with Crippen LogP contribution in [0.3, 0.4) is 0 Å². The van der Waals surface area contributed by atoms with E-state index >= 15 is 0 Å². The first-order valence-corrected chi connectivity index (χ1v) is 6.55. The van der Waals surface area contributed by atoms with E-state index in [0.717, 1.165) is 6.54 Å². The summed E-state index contributed by atoms with van der Waals surface area (Å²) in [6.07, 6.45) is 1.48. The molecule has 1 unspecified atom stereocenters. The van der Waals surface area contributed by atoms with E-state index in [1.165, 1.54) is 12.3 Å². The topological polar surface area (TPSA) is 56.7 Å². The molecule has 19 heavy (non-hydrogen) atoms.